The van der Waals surface area contributed by atoms with Crippen LogP contribution in [0.4, 0.5) is 0 Å². The molecule has 2 atom stereocenters. The molecule has 126 valence electrons. The van der Waals surface area contributed by atoms with Crippen molar-refractivity contribution in [3.63, 3.8) is 0 Å². The molecule has 5 heteroatoms. The molecular formula is C16H35IN4. The highest BCUT2D eigenvalue weighted by Crippen LogP contribution is 2.20. The van der Waals surface area contributed by atoms with E-state index in [1.807, 2.05) is 7.05 Å². The normalized spacial score (nSPS) is 23.4. The third-order valence-electron chi connectivity index (χ3n) is 4.20. The molecule has 21 heavy (non-hydrogen) atoms. The van der Waals surface area contributed by atoms with Gasteiger partial charge >= 0.3 is 0 Å². The van der Waals surface area contributed by atoms with Crippen molar-refractivity contribution < 1.29 is 0 Å². The highest BCUT2D eigenvalue weighted by molar-refractivity contribution is 14.0. The van der Waals surface area contributed by atoms with Gasteiger partial charge in [-0.2, -0.15) is 0 Å². The predicted octanol–water partition coefficient (Wildman–Crippen LogP) is 2.89. The van der Waals surface area contributed by atoms with Crippen LogP contribution in [0.3, 0.4) is 0 Å². The fraction of sp³-hybridized carbons (Fsp3) is 0.938. The number of halogens is 1. The van der Waals surface area contributed by atoms with E-state index in [9.17, 15) is 0 Å². The van der Waals surface area contributed by atoms with Crippen molar-refractivity contribution in [3.8, 4) is 0 Å². The van der Waals surface area contributed by atoms with E-state index >= 15 is 0 Å². The third-order valence-corrected chi connectivity index (χ3v) is 4.20. The first-order valence-electron chi connectivity index (χ1n) is 8.17. The van der Waals surface area contributed by atoms with E-state index in [4.69, 9.17) is 0 Å². The predicted molar refractivity (Wildman–Crippen MR) is 104 cm³/mol. The summed E-state index contributed by atoms with van der Waals surface area (Å²) in [5, 5.41) is 3.53. The number of guanidine groups is 1. The lowest BCUT2D eigenvalue weighted by Gasteiger charge is -2.37. The molecular weight excluding hydrogens is 375 g/mol. The van der Waals surface area contributed by atoms with Crippen LogP contribution in [0.25, 0.3) is 0 Å². The minimum Gasteiger partial charge on any atom is -0.355 e. The van der Waals surface area contributed by atoms with Gasteiger partial charge in [-0.3, -0.25) is 9.89 Å². The largest absolute Gasteiger partial charge is 0.355 e. The molecule has 0 aromatic heterocycles. The van der Waals surface area contributed by atoms with Gasteiger partial charge < -0.3 is 10.2 Å². The average Bonchev–Trinajstić information content (AvgIpc) is 2.37. The van der Waals surface area contributed by atoms with E-state index in [0.29, 0.717) is 6.04 Å². The topological polar surface area (TPSA) is 30.9 Å². The fourth-order valence-electron chi connectivity index (χ4n) is 3.26. The molecule has 0 aromatic carbocycles. The van der Waals surface area contributed by atoms with Gasteiger partial charge in [0.2, 0.25) is 0 Å². The van der Waals surface area contributed by atoms with Gasteiger partial charge in [0.05, 0.1) is 0 Å². The van der Waals surface area contributed by atoms with Gasteiger partial charge in [-0.25, -0.2) is 0 Å². The number of nitrogens with one attached hydrogen (secondary N) is 1. The molecule has 2 unspecified atom stereocenters. The summed E-state index contributed by atoms with van der Waals surface area (Å²) in [4.78, 5) is 9.36. The van der Waals surface area contributed by atoms with Crippen LogP contribution < -0.4 is 5.32 Å². The van der Waals surface area contributed by atoms with E-state index in [2.05, 4.69) is 54.7 Å². The number of nitrogens with zero attached hydrogens (tertiary/aromatic N) is 3. The summed E-state index contributed by atoms with van der Waals surface area (Å²) >= 11 is 0. The molecule has 1 fully saturated rings. The lowest BCUT2D eigenvalue weighted by molar-refractivity contribution is 0.205. The maximum absolute atomic E-state index is 4.46. The van der Waals surface area contributed by atoms with Gasteiger partial charge in [0, 0.05) is 39.3 Å². The number of hydrogen-bond donors (Lipinski definition) is 1. The van der Waals surface area contributed by atoms with Crippen LogP contribution in [-0.4, -0.2) is 61.6 Å². The van der Waals surface area contributed by atoms with E-state index < -0.39 is 0 Å². The second-order valence-electron chi connectivity index (χ2n) is 6.55. The van der Waals surface area contributed by atoms with Gasteiger partial charge in [0.25, 0.3) is 0 Å². The zero-order valence-corrected chi connectivity index (χ0v) is 17.1. The quantitative estimate of drug-likeness (QED) is 0.430. The van der Waals surface area contributed by atoms with Crippen molar-refractivity contribution in [2.75, 3.05) is 39.8 Å². The zero-order chi connectivity index (χ0) is 15.1. The molecule has 1 saturated heterocycles. The fourth-order valence-corrected chi connectivity index (χ4v) is 3.26. The lowest BCUT2D eigenvalue weighted by Crippen LogP contribution is -2.50. The summed E-state index contributed by atoms with van der Waals surface area (Å²) in [7, 11) is 1.90. The number of likely N-dealkylation sites (tertiary alicyclic amines) is 1. The summed E-state index contributed by atoms with van der Waals surface area (Å²) in [5.41, 5.74) is 0. The molecule has 0 bridgehead atoms. The Labute approximate surface area is 148 Å². The molecule has 0 aliphatic carbocycles. The van der Waals surface area contributed by atoms with E-state index in [1.54, 1.807) is 0 Å². The Morgan fingerprint density at radius 2 is 1.86 bits per heavy atom. The second-order valence-corrected chi connectivity index (χ2v) is 6.55. The van der Waals surface area contributed by atoms with Gasteiger partial charge in [-0.15, -0.1) is 24.0 Å². The Bertz CT molecular complexity index is 297. The summed E-state index contributed by atoms with van der Waals surface area (Å²) < 4.78 is 0. The molecule has 0 radical (unpaired) electrons. The summed E-state index contributed by atoms with van der Waals surface area (Å²) in [6, 6.07) is 0.610. The molecule has 0 aromatic rings. The number of hydrogen-bond acceptors (Lipinski definition) is 2. The Morgan fingerprint density at radius 1 is 1.29 bits per heavy atom. The molecule has 4 nitrogen and oxygen atoms in total. The number of rotatable bonds is 5. The smallest absolute Gasteiger partial charge is 0.193 e. The molecule has 0 amide bonds. The minimum atomic E-state index is 0. The molecule has 1 aliphatic heterocycles. The van der Waals surface area contributed by atoms with Gasteiger partial charge in [0.1, 0.15) is 0 Å². The lowest BCUT2D eigenvalue weighted by atomic mass is 9.92. The van der Waals surface area contributed by atoms with Crippen LogP contribution in [0.5, 0.6) is 0 Å². The highest BCUT2D eigenvalue weighted by Gasteiger charge is 2.23. The Balaban J connectivity index is 0.00000400. The van der Waals surface area contributed by atoms with E-state index in [1.165, 1.54) is 6.42 Å². The van der Waals surface area contributed by atoms with E-state index in [0.717, 1.165) is 50.5 Å². The average molecular weight is 410 g/mol. The van der Waals surface area contributed by atoms with Crippen molar-refractivity contribution in [2.45, 2.75) is 47.1 Å². The highest BCUT2D eigenvalue weighted by atomic mass is 127. The van der Waals surface area contributed by atoms with E-state index in [-0.39, 0.29) is 24.0 Å². The van der Waals surface area contributed by atoms with Crippen LogP contribution in [0.1, 0.15) is 41.0 Å². The number of aliphatic imine (C=N–C) groups is 1. The van der Waals surface area contributed by atoms with Crippen LogP contribution >= 0.6 is 24.0 Å². The van der Waals surface area contributed by atoms with Crippen LogP contribution in [-0.2, 0) is 0 Å². The van der Waals surface area contributed by atoms with Crippen molar-refractivity contribution in [3.05, 3.63) is 0 Å². The Kier molecular flexibility index (Phi) is 10.6. The summed E-state index contributed by atoms with van der Waals surface area (Å²) in [6.07, 6.45) is 1.34. The second kappa shape index (κ2) is 10.6. The van der Waals surface area contributed by atoms with Gasteiger partial charge in [-0.05, 0) is 38.6 Å². The SMILES string of the molecule is CCN(CCNC(=NC)N1CC(C)CC(C)C1)C(C)C.I. The van der Waals surface area contributed by atoms with Crippen molar-refractivity contribution in [2.24, 2.45) is 16.8 Å². The molecule has 1 heterocycles. The first kappa shape index (κ1) is 21.0. The molecule has 1 rings (SSSR count). The molecule has 0 saturated carbocycles. The molecule has 1 aliphatic rings. The standard InChI is InChI=1S/C16H34N4.HI/c1-7-19(13(2)3)9-8-18-16(17-6)20-11-14(4)10-15(5)12-20;/h13-15H,7-12H2,1-6H3,(H,17,18);1H. The maximum atomic E-state index is 4.46. The van der Waals surface area contributed by atoms with Crippen LogP contribution in [0, 0.1) is 11.8 Å². The first-order chi connectivity index (χ1) is 9.47. The third kappa shape index (κ3) is 7.17. The Morgan fingerprint density at radius 3 is 2.29 bits per heavy atom. The van der Waals surface area contributed by atoms with Gasteiger partial charge in [0.15, 0.2) is 5.96 Å². The van der Waals surface area contributed by atoms with Crippen LogP contribution in [0.15, 0.2) is 4.99 Å². The molecule has 0 spiro atoms. The summed E-state index contributed by atoms with van der Waals surface area (Å²) in [5.74, 6) is 2.60. The van der Waals surface area contributed by atoms with Crippen molar-refractivity contribution in [1.82, 2.24) is 15.1 Å². The zero-order valence-electron chi connectivity index (χ0n) is 14.7. The van der Waals surface area contributed by atoms with Crippen molar-refractivity contribution in [1.29, 1.82) is 0 Å². The summed E-state index contributed by atoms with van der Waals surface area (Å²) in [6.45, 7) is 16.8. The molecule has 1 N–H and O–H groups in total. The maximum Gasteiger partial charge on any atom is 0.193 e. The van der Waals surface area contributed by atoms with Gasteiger partial charge in [-0.1, -0.05) is 20.8 Å². The Hall–Kier alpha value is -0.0400. The number of piperidine rings is 1. The van der Waals surface area contributed by atoms with Crippen LogP contribution in [0.2, 0.25) is 0 Å². The minimum absolute atomic E-state index is 0. The van der Waals surface area contributed by atoms with Crippen molar-refractivity contribution >= 4 is 29.9 Å². The monoisotopic (exact) mass is 410 g/mol. The number of likely N-dealkylation sites (N-methyl/N-ethyl adjacent to an activating group) is 1. The first-order valence-corrected chi connectivity index (χ1v) is 8.17.